The second kappa shape index (κ2) is 4.93. The van der Waals surface area contributed by atoms with Crippen LogP contribution in [0.4, 0.5) is 17.8 Å². The fourth-order valence-electron chi connectivity index (χ4n) is 1.72. The molecule has 0 bridgehead atoms. The van der Waals surface area contributed by atoms with E-state index in [1.165, 1.54) is 0 Å². The number of piperidine rings is 1. The summed E-state index contributed by atoms with van der Waals surface area (Å²) in [7, 11) is 1.75. The monoisotopic (exact) mass is 223 g/mol. The van der Waals surface area contributed by atoms with E-state index in [9.17, 15) is 0 Å². The second-order valence-corrected chi connectivity index (χ2v) is 3.76. The zero-order valence-corrected chi connectivity index (χ0v) is 9.32. The number of anilines is 3. The number of hydrogen-bond acceptors (Lipinski definition) is 7. The van der Waals surface area contributed by atoms with Crippen LogP contribution in [-0.2, 0) is 0 Å². The van der Waals surface area contributed by atoms with E-state index < -0.39 is 0 Å². The van der Waals surface area contributed by atoms with E-state index in [0.717, 1.165) is 25.9 Å². The maximum absolute atomic E-state index is 5.59. The molecule has 0 unspecified atom stereocenters. The Labute approximate surface area is 94.3 Å². The highest BCUT2D eigenvalue weighted by atomic mass is 15.2. The van der Waals surface area contributed by atoms with Gasteiger partial charge in [0.25, 0.3) is 0 Å². The van der Waals surface area contributed by atoms with Gasteiger partial charge in [-0.3, -0.25) is 0 Å². The Hall–Kier alpha value is -1.63. The van der Waals surface area contributed by atoms with Crippen molar-refractivity contribution in [1.82, 2.24) is 20.3 Å². The molecule has 0 atom stereocenters. The summed E-state index contributed by atoms with van der Waals surface area (Å²) in [5, 5.41) is 9.43. The van der Waals surface area contributed by atoms with Crippen molar-refractivity contribution in [3.05, 3.63) is 0 Å². The molecule has 0 radical (unpaired) electrons. The van der Waals surface area contributed by atoms with Crippen LogP contribution in [0.3, 0.4) is 0 Å². The SMILES string of the molecule is CNc1nc(N)nc(NC2CCNCC2)n1. The first-order valence-electron chi connectivity index (χ1n) is 5.44. The molecule has 88 valence electrons. The Balaban J connectivity index is 2.04. The number of nitrogens with two attached hydrogens (primary N) is 1. The summed E-state index contributed by atoms with van der Waals surface area (Å²) in [4.78, 5) is 12.2. The van der Waals surface area contributed by atoms with Crippen LogP contribution in [-0.4, -0.2) is 41.1 Å². The molecule has 2 heterocycles. The van der Waals surface area contributed by atoms with Crippen LogP contribution in [0, 0.1) is 0 Å². The van der Waals surface area contributed by atoms with Gasteiger partial charge < -0.3 is 21.7 Å². The summed E-state index contributed by atoms with van der Waals surface area (Å²) < 4.78 is 0. The summed E-state index contributed by atoms with van der Waals surface area (Å²) in [6.45, 7) is 2.05. The van der Waals surface area contributed by atoms with Crippen molar-refractivity contribution in [2.75, 3.05) is 36.5 Å². The number of hydrogen-bond donors (Lipinski definition) is 4. The van der Waals surface area contributed by atoms with Gasteiger partial charge in [-0.1, -0.05) is 0 Å². The molecule has 0 saturated carbocycles. The highest BCUT2D eigenvalue weighted by Crippen LogP contribution is 2.11. The van der Waals surface area contributed by atoms with Gasteiger partial charge in [0.15, 0.2) is 0 Å². The Morgan fingerprint density at radius 2 is 1.88 bits per heavy atom. The lowest BCUT2D eigenvalue weighted by molar-refractivity contribution is 0.477. The highest BCUT2D eigenvalue weighted by molar-refractivity contribution is 5.39. The molecule has 1 aromatic heterocycles. The molecular formula is C9H17N7. The molecule has 7 heteroatoms. The Morgan fingerprint density at radius 3 is 2.56 bits per heavy atom. The van der Waals surface area contributed by atoms with Crippen molar-refractivity contribution < 1.29 is 0 Å². The van der Waals surface area contributed by atoms with Crippen molar-refractivity contribution in [2.24, 2.45) is 0 Å². The molecule has 1 fully saturated rings. The standard InChI is InChI=1S/C9H17N7/c1-11-8-14-7(10)15-9(16-8)13-6-2-4-12-5-3-6/h6,12H,2-5H2,1H3,(H4,10,11,13,14,15,16). The summed E-state index contributed by atoms with van der Waals surface area (Å²) in [5.74, 6) is 1.27. The van der Waals surface area contributed by atoms with Gasteiger partial charge >= 0.3 is 0 Å². The molecule has 0 amide bonds. The molecule has 1 aromatic rings. The first-order chi connectivity index (χ1) is 7.78. The largest absolute Gasteiger partial charge is 0.368 e. The van der Waals surface area contributed by atoms with E-state index in [0.29, 0.717) is 17.9 Å². The van der Waals surface area contributed by atoms with Crippen LogP contribution < -0.4 is 21.7 Å². The molecule has 16 heavy (non-hydrogen) atoms. The maximum Gasteiger partial charge on any atom is 0.229 e. The number of nitrogen functional groups attached to an aromatic ring is 1. The zero-order valence-electron chi connectivity index (χ0n) is 9.32. The summed E-state index contributed by atoms with van der Waals surface area (Å²) >= 11 is 0. The van der Waals surface area contributed by atoms with E-state index >= 15 is 0 Å². The third kappa shape index (κ3) is 2.69. The Morgan fingerprint density at radius 1 is 1.19 bits per heavy atom. The molecule has 0 spiro atoms. The lowest BCUT2D eigenvalue weighted by Crippen LogP contribution is -2.35. The van der Waals surface area contributed by atoms with Gasteiger partial charge in [0.2, 0.25) is 17.8 Å². The molecule has 5 N–H and O–H groups in total. The Kier molecular flexibility index (Phi) is 3.35. The fourth-order valence-corrected chi connectivity index (χ4v) is 1.72. The van der Waals surface area contributed by atoms with Crippen LogP contribution in [0.15, 0.2) is 0 Å². The molecular weight excluding hydrogens is 206 g/mol. The number of rotatable bonds is 3. The average Bonchev–Trinajstić information content (AvgIpc) is 2.29. The minimum absolute atomic E-state index is 0.232. The molecule has 2 rings (SSSR count). The van der Waals surface area contributed by atoms with Gasteiger partial charge in [-0.05, 0) is 25.9 Å². The minimum Gasteiger partial charge on any atom is -0.368 e. The third-order valence-electron chi connectivity index (χ3n) is 2.55. The zero-order chi connectivity index (χ0) is 11.4. The van der Waals surface area contributed by atoms with E-state index in [4.69, 9.17) is 5.73 Å². The van der Waals surface area contributed by atoms with Crippen LogP contribution >= 0.6 is 0 Å². The third-order valence-corrected chi connectivity index (χ3v) is 2.55. The predicted molar refractivity (Wildman–Crippen MR) is 63.3 cm³/mol. The topological polar surface area (TPSA) is 101 Å². The van der Waals surface area contributed by atoms with Gasteiger partial charge in [0.05, 0.1) is 0 Å². The van der Waals surface area contributed by atoms with E-state index in [1.54, 1.807) is 7.05 Å². The Bertz CT molecular complexity index is 348. The predicted octanol–water partition coefficient (Wildman–Crippen LogP) is -0.341. The van der Waals surface area contributed by atoms with Crippen LogP contribution in [0.25, 0.3) is 0 Å². The first-order valence-corrected chi connectivity index (χ1v) is 5.44. The second-order valence-electron chi connectivity index (χ2n) is 3.76. The summed E-state index contributed by atoms with van der Waals surface area (Å²) in [5.41, 5.74) is 5.59. The molecule has 0 aliphatic carbocycles. The number of nitrogens with one attached hydrogen (secondary N) is 3. The summed E-state index contributed by atoms with van der Waals surface area (Å²) in [6.07, 6.45) is 2.14. The van der Waals surface area contributed by atoms with Gasteiger partial charge in [-0.2, -0.15) is 15.0 Å². The number of aromatic nitrogens is 3. The van der Waals surface area contributed by atoms with Crippen molar-refractivity contribution in [3.63, 3.8) is 0 Å². The highest BCUT2D eigenvalue weighted by Gasteiger charge is 2.14. The summed E-state index contributed by atoms with van der Waals surface area (Å²) in [6, 6.07) is 0.410. The molecule has 1 saturated heterocycles. The minimum atomic E-state index is 0.232. The van der Waals surface area contributed by atoms with Crippen molar-refractivity contribution in [1.29, 1.82) is 0 Å². The van der Waals surface area contributed by atoms with Gasteiger partial charge in [-0.25, -0.2) is 0 Å². The van der Waals surface area contributed by atoms with Gasteiger partial charge in [0, 0.05) is 13.1 Å². The van der Waals surface area contributed by atoms with Crippen LogP contribution in [0.5, 0.6) is 0 Å². The van der Waals surface area contributed by atoms with Crippen LogP contribution in [0.1, 0.15) is 12.8 Å². The van der Waals surface area contributed by atoms with E-state index in [2.05, 4.69) is 30.9 Å². The fraction of sp³-hybridized carbons (Fsp3) is 0.667. The smallest absolute Gasteiger partial charge is 0.229 e. The van der Waals surface area contributed by atoms with Crippen LogP contribution in [0.2, 0.25) is 0 Å². The first kappa shape index (κ1) is 10.9. The molecule has 7 nitrogen and oxygen atoms in total. The quantitative estimate of drug-likeness (QED) is 0.556. The maximum atomic E-state index is 5.59. The van der Waals surface area contributed by atoms with Crippen molar-refractivity contribution >= 4 is 17.8 Å². The number of nitrogens with zero attached hydrogens (tertiary/aromatic N) is 3. The molecule has 0 aromatic carbocycles. The van der Waals surface area contributed by atoms with E-state index in [-0.39, 0.29) is 5.95 Å². The molecule has 1 aliphatic heterocycles. The lowest BCUT2D eigenvalue weighted by atomic mass is 10.1. The normalized spacial score (nSPS) is 17.1. The van der Waals surface area contributed by atoms with Crippen molar-refractivity contribution in [2.45, 2.75) is 18.9 Å². The lowest BCUT2D eigenvalue weighted by Gasteiger charge is -2.23. The van der Waals surface area contributed by atoms with Crippen molar-refractivity contribution in [3.8, 4) is 0 Å². The van der Waals surface area contributed by atoms with Gasteiger partial charge in [0.1, 0.15) is 0 Å². The van der Waals surface area contributed by atoms with E-state index in [1.807, 2.05) is 0 Å². The van der Waals surface area contributed by atoms with Gasteiger partial charge in [-0.15, -0.1) is 0 Å². The molecule has 1 aliphatic rings. The average molecular weight is 223 g/mol.